The molecule has 1 N–H and O–H groups in total. The minimum Gasteiger partial charge on any atom is -0.378 e. The maximum Gasteiger partial charge on any atom is 0.416 e. The zero-order valence-electron chi connectivity index (χ0n) is 10.5. The first-order chi connectivity index (χ1) is 9.43. The molecule has 2 heterocycles. The van der Waals surface area contributed by atoms with Gasteiger partial charge in [0.05, 0.1) is 18.8 Å². The fourth-order valence-electron chi connectivity index (χ4n) is 2.67. The van der Waals surface area contributed by atoms with Gasteiger partial charge in [-0.3, -0.25) is 0 Å². The van der Waals surface area contributed by atoms with Crippen molar-refractivity contribution >= 4 is 17.2 Å². The molecular formula is C14H13ClF3NO. The van der Waals surface area contributed by atoms with Crippen molar-refractivity contribution < 1.29 is 17.9 Å². The van der Waals surface area contributed by atoms with Crippen LogP contribution in [0.4, 0.5) is 13.2 Å². The lowest BCUT2D eigenvalue weighted by atomic mass is 9.91. The highest BCUT2D eigenvalue weighted by molar-refractivity contribution is 6.32. The quantitative estimate of drug-likeness (QED) is 0.857. The van der Waals surface area contributed by atoms with E-state index >= 15 is 0 Å². The molecule has 1 aromatic carbocycles. The number of hydrogen-bond acceptors (Lipinski definition) is 2. The van der Waals surface area contributed by atoms with Crippen LogP contribution in [0.1, 0.15) is 17.5 Å². The van der Waals surface area contributed by atoms with E-state index in [2.05, 4.69) is 5.32 Å². The first kappa shape index (κ1) is 13.9. The molecule has 3 rings (SSSR count). The Morgan fingerprint density at radius 1 is 1.25 bits per heavy atom. The molecule has 2 aliphatic rings. The normalized spacial score (nSPS) is 26.3. The monoisotopic (exact) mass is 303 g/mol. The number of rotatable bonds is 1. The number of alkyl halides is 3. The molecule has 2 aliphatic heterocycles. The summed E-state index contributed by atoms with van der Waals surface area (Å²) in [6.45, 7) is 1.11. The highest BCUT2D eigenvalue weighted by atomic mass is 35.5. The van der Waals surface area contributed by atoms with Gasteiger partial charge in [0.25, 0.3) is 0 Å². The van der Waals surface area contributed by atoms with Gasteiger partial charge in [-0.15, -0.1) is 0 Å². The molecule has 20 heavy (non-hydrogen) atoms. The predicted molar refractivity (Wildman–Crippen MR) is 70.6 cm³/mol. The Balaban J connectivity index is 1.99. The lowest BCUT2D eigenvalue weighted by molar-refractivity contribution is -0.137. The third-order valence-electron chi connectivity index (χ3n) is 3.57. The van der Waals surface area contributed by atoms with Gasteiger partial charge in [0, 0.05) is 17.1 Å². The fourth-order valence-corrected chi connectivity index (χ4v) is 2.91. The topological polar surface area (TPSA) is 21.3 Å². The van der Waals surface area contributed by atoms with Crippen molar-refractivity contribution in [3.05, 3.63) is 40.4 Å². The fraction of sp³-hybridized carbons (Fsp3) is 0.429. The van der Waals surface area contributed by atoms with E-state index in [1.165, 1.54) is 6.07 Å². The molecule has 0 radical (unpaired) electrons. The summed E-state index contributed by atoms with van der Waals surface area (Å²) in [5, 5.41) is 3.70. The van der Waals surface area contributed by atoms with Crippen molar-refractivity contribution in [2.75, 3.05) is 13.2 Å². The van der Waals surface area contributed by atoms with Gasteiger partial charge in [0.15, 0.2) is 0 Å². The van der Waals surface area contributed by atoms with Gasteiger partial charge in [-0.1, -0.05) is 17.7 Å². The van der Waals surface area contributed by atoms with Crippen LogP contribution < -0.4 is 5.32 Å². The largest absolute Gasteiger partial charge is 0.416 e. The Labute approximate surface area is 119 Å². The molecule has 0 saturated carbocycles. The maximum atomic E-state index is 12.8. The summed E-state index contributed by atoms with van der Waals surface area (Å²) in [5.74, 6) is 0. The second-order valence-electron chi connectivity index (χ2n) is 5.10. The van der Waals surface area contributed by atoms with E-state index in [0.29, 0.717) is 30.2 Å². The van der Waals surface area contributed by atoms with E-state index in [0.717, 1.165) is 17.7 Å². The van der Waals surface area contributed by atoms with E-state index in [9.17, 15) is 13.2 Å². The lowest BCUT2D eigenvalue weighted by Crippen LogP contribution is -2.50. The zero-order chi connectivity index (χ0) is 14.3. The molecular weight excluding hydrogens is 291 g/mol. The van der Waals surface area contributed by atoms with Crippen molar-refractivity contribution in [3.8, 4) is 0 Å². The lowest BCUT2D eigenvalue weighted by Gasteiger charge is -2.35. The first-order valence-corrected chi connectivity index (χ1v) is 6.73. The molecule has 2 atom stereocenters. The number of ether oxygens (including phenoxy) is 1. The summed E-state index contributed by atoms with van der Waals surface area (Å²) in [7, 11) is 0. The first-order valence-electron chi connectivity index (χ1n) is 6.35. The van der Waals surface area contributed by atoms with E-state index in [1.807, 2.05) is 6.08 Å². The van der Waals surface area contributed by atoms with Crippen LogP contribution in [-0.2, 0) is 10.9 Å². The Bertz CT molecular complexity index is 556. The third-order valence-corrected chi connectivity index (χ3v) is 3.90. The number of fused-ring (bicyclic) bond motifs is 2. The maximum absolute atomic E-state index is 12.8. The van der Waals surface area contributed by atoms with Crippen LogP contribution in [0.15, 0.2) is 24.3 Å². The SMILES string of the molecule is FC(F)(F)c1ccc(Cl)c(C2=CC3COCC(C2)N3)c1. The molecule has 2 nitrogen and oxygen atoms in total. The van der Waals surface area contributed by atoms with Gasteiger partial charge in [-0.2, -0.15) is 13.2 Å². The summed E-state index contributed by atoms with van der Waals surface area (Å²) in [6.07, 6.45) is -1.82. The van der Waals surface area contributed by atoms with E-state index in [4.69, 9.17) is 16.3 Å². The van der Waals surface area contributed by atoms with Crippen molar-refractivity contribution in [1.29, 1.82) is 0 Å². The molecule has 2 bridgehead atoms. The van der Waals surface area contributed by atoms with Crippen LogP contribution in [-0.4, -0.2) is 25.3 Å². The molecule has 0 amide bonds. The standard InChI is InChI=1S/C14H13ClF3NO/c15-13-2-1-9(14(16,17)18)5-12(13)8-3-10-6-20-7-11(4-8)19-10/h1-3,5,10-11,19H,4,6-7H2. The summed E-state index contributed by atoms with van der Waals surface area (Å²) in [5.41, 5.74) is 0.663. The molecule has 0 aliphatic carbocycles. The summed E-state index contributed by atoms with van der Waals surface area (Å²) >= 11 is 6.08. The highest BCUT2D eigenvalue weighted by Gasteiger charge is 2.32. The molecule has 0 aromatic heterocycles. The Morgan fingerprint density at radius 2 is 2.05 bits per heavy atom. The van der Waals surface area contributed by atoms with Gasteiger partial charge in [-0.05, 0) is 35.8 Å². The third kappa shape index (κ3) is 2.71. The van der Waals surface area contributed by atoms with E-state index in [1.54, 1.807) is 0 Å². The Kier molecular flexibility index (Phi) is 3.52. The number of hydrogen-bond donors (Lipinski definition) is 1. The molecule has 0 spiro atoms. The molecule has 6 heteroatoms. The number of benzene rings is 1. The van der Waals surface area contributed by atoms with Crippen LogP contribution in [0.3, 0.4) is 0 Å². The molecule has 1 fully saturated rings. The predicted octanol–water partition coefficient (Wildman–Crippen LogP) is 3.50. The van der Waals surface area contributed by atoms with E-state index < -0.39 is 11.7 Å². The van der Waals surface area contributed by atoms with Gasteiger partial charge in [-0.25, -0.2) is 0 Å². The van der Waals surface area contributed by atoms with Crippen molar-refractivity contribution in [3.63, 3.8) is 0 Å². The van der Waals surface area contributed by atoms with Crippen molar-refractivity contribution in [1.82, 2.24) is 5.32 Å². The van der Waals surface area contributed by atoms with Gasteiger partial charge >= 0.3 is 6.18 Å². The average Bonchev–Trinajstić information content (AvgIpc) is 2.37. The van der Waals surface area contributed by atoms with E-state index in [-0.39, 0.29) is 12.1 Å². The molecule has 1 saturated heterocycles. The van der Waals surface area contributed by atoms with Crippen LogP contribution in [0.5, 0.6) is 0 Å². The van der Waals surface area contributed by atoms with Crippen LogP contribution in [0.25, 0.3) is 5.57 Å². The van der Waals surface area contributed by atoms with Crippen LogP contribution in [0, 0.1) is 0 Å². The van der Waals surface area contributed by atoms with Gasteiger partial charge in [0.1, 0.15) is 0 Å². The van der Waals surface area contributed by atoms with Crippen molar-refractivity contribution in [2.24, 2.45) is 0 Å². The Hall–Kier alpha value is -1.04. The summed E-state index contributed by atoms with van der Waals surface area (Å²) in [4.78, 5) is 0. The second kappa shape index (κ2) is 5.06. The number of halogens is 4. The number of morpholine rings is 1. The molecule has 1 aromatic rings. The minimum absolute atomic E-state index is 0.0445. The van der Waals surface area contributed by atoms with Gasteiger partial charge < -0.3 is 10.1 Å². The summed E-state index contributed by atoms with van der Waals surface area (Å²) in [6, 6.07) is 3.64. The Morgan fingerprint density at radius 3 is 2.75 bits per heavy atom. The average molecular weight is 304 g/mol. The summed E-state index contributed by atoms with van der Waals surface area (Å²) < 4.78 is 43.8. The second-order valence-corrected chi connectivity index (χ2v) is 5.50. The van der Waals surface area contributed by atoms with Crippen LogP contribution >= 0.6 is 11.6 Å². The number of nitrogens with one attached hydrogen (secondary N) is 1. The smallest absolute Gasteiger partial charge is 0.378 e. The van der Waals surface area contributed by atoms with Gasteiger partial charge in [0.2, 0.25) is 0 Å². The highest BCUT2D eigenvalue weighted by Crippen LogP contribution is 2.36. The molecule has 2 unspecified atom stereocenters. The molecule has 108 valence electrons. The zero-order valence-corrected chi connectivity index (χ0v) is 11.3. The van der Waals surface area contributed by atoms with Crippen LogP contribution in [0.2, 0.25) is 5.02 Å². The van der Waals surface area contributed by atoms with Crippen molar-refractivity contribution in [2.45, 2.75) is 24.7 Å². The minimum atomic E-state index is -4.36.